The molecule has 0 saturated carbocycles. The fraction of sp³-hybridized carbons (Fsp3) is 0.364. The molecule has 1 fully saturated rings. The maximum Gasteiger partial charge on any atom is 0.253 e. The van der Waals surface area contributed by atoms with E-state index >= 15 is 0 Å². The number of ether oxygens (including phenoxy) is 1. The number of hydrogen-bond donors (Lipinski definition) is 0. The number of hydrogen-bond acceptors (Lipinski definition) is 3. The Kier molecular flexibility index (Phi) is 5.79. The Hall–Kier alpha value is -2.82. The Morgan fingerprint density at radius 1 is 0.778 bits per heavy atom. The molecule has 0 unspecified atom stereocenters. The van der Waals surface area contributed by atoms with Gasteiger partial charge in [-0.25, -0.2) is 0 Å². The van der Waals surface area contributed by atoms with Crippen LogP contribution < -0.4 is 4.74 Å². The minimum Gasteiger partial charge on any atom is -0.497 e. The number of carbonyl (C=O) groups excluding carboxylic acids is 2. The van der Waals surface area contributed by atoms with Crippen LogP contribution in [0.25, 0.3) is 0 Å². The second-order valence-corrected chi connectivity index (χ2v) is 6.97. The second-order valence-electron chi connectivity index (χ2n) is 6.97. The fourth-order valence-corrected chi connectivity index (χ4v) is 3.30. The van der Waals surface area contributed by atoms with Gasteiger partial charge in [-0.2, -0.15) is 0 Å². The third kappa shape index (κ3) is 4.30. The summed E-state index contributed by atoms with van der Waals surface area (Å²) in [5.74, 6) is 0.766. The van der Waals surface area contributed by atoms with Crippen LogP contribution in [0.2, 0.25) is 0 Å². The number of rotatable bonds is 3. The SMILES string of the molecule is COc1ccc(C(=O)N2CCCN(C(=O)c3ccc(C)c(C)c3)CC2)cc1. The molecule has 142 valence electrons. The van der Waals surface area contributed by atoms with Crippen LogP contribution in [0.15, 0.2) is 42.5 Å². The molecule has 0 radical (unpaired) electrons. The predicted octanol–water partition coefficient (Wildman–Crippen LogP) is 3.30. The summed E-state index contributed by atoms with van der Waals surface area (Å²) in [6.07, 6.45) is 0.776. The van der Waals surface area contributed by atoms with Crippen LogP contribution in [-0.2, 0) is 0 Å². The average Bonchev–Trinajstić information content (AvgIpc) is 2.95. The van der Waals surface area contributed by atoms with E-state index in [1.807, 2.05) is 41.8 Å². The molecular formula is C22H26N2O3. The third-order valence-electron chi connectivity index (χ3n) is 5.16. The van der Waals surface area contributed by atoms with Crippen molar-refractivity contribution in [2.75, 3.05) is 33.3 Å². The highest BCUT2D eigenvalue weighted by Gasteiger charge is 2.23. The Morgan fingerprint density at radius 2 is 1.33 bits per heavy atom. The topological polar surface area (TPSA) is 49.9 Å². The monoisotopic (exact) mass is 366 g/mol. The lowest BCUT2D eigenvalue weighted by molar-refractivity contribution is 0.0718. The Labute approximate surface area is 160 Å². The van der Waals surface area contributed by atoms with Crippen molar-refractivity contribution in [1.82, 2.24) is 9.80 Å². The summed E-state index contributed by atoms with van der Waals surface area (Å²) in [4.78, 5) is 29.3. The van der Waals surface area contributed by atoms with Gasteiger partial charge >= 0.3 is 0 Å². The first kappa shape index (κ1) is 19.0. The highest BCUT2D eigenvalue weighted by atomic mass is 16.5. The van der Waals surface area contributed by atoms with Crippen molar-refractivity contribution >= 4 is 11.8 Å². The number of aryl methyl sites for hydroxylation is 2. The largest absolute Gasteiger partial charge is 0.497 e. The van der Waals surface area contributed by atoms with E-state index in [9.17, 15) is 9.59 Å². The first-order valence-corrected chi connectivity index (χ1v) is 9.29. The summed E-state index contributed by atoms with van der Waals surface area (Å²) in [6, 6.07) is 13.0. The van der Waals surface area contributed by atoms with Crippen LogP contribution >= 0.6 is 0 Å². The fourth-order valence-electron chi connectivity index (χ4n) is 3.30. The molecule has 0 bridgehead atoms. The van der Waals surface area contributed by atoms with Crippen molar-refractivity contribution in [2.24, 2.45) is 0 Å². The van der Waals surface area contributed by atoms with Crippen molar-refractivity contribution in [1.29, 1.82) is 0 Å². The van der Waals surface area contributed by atoms with Gasteiger partial charge in [0.2, 0.25) is 0 Å². The summed E-state index contributed by atoms with van der Waals surface area (Å²) < 4.78 is 5.14. The Bertz CT molecular complexity index is 830. The van der Waals surface area contributed by atoms with Crippen LogP contribution in [-0.4, -0.2) is 54.9 Å². The zero-order valence-corrected chi connectivity index (χ0v) is 16.2. The molecular weight excluding hydrogens is 340 g/mol. The molecule has 1 aliphatic heterocycles. The molecule has 0 aliphatic carbocycles. The minimum absolute atomic E-state index is 0.00173. The van der Waals surface area contributed by atoms with E-state index in [-0.39, 0.29) is 11.8 Å². The number of carbonyl (C=O) groups is 2. The summed E-state index contributed by atoms with van der Waals surface area (Å²) in [7, 11) is 1.60. The molecule has 1 saturated heterocycles. The number of nitrogens with zero attached hydrogens (tertiary/aromatic N) is 2. The van der Waals surface area contributed by atoms with E-state index in [1.165, 1.54) is 5.56 Å². The number of benzene rings is 2. The Balaban J connectivity index is 1.66. The van der Waals surface area contributed by atoms with Gasteiger partial charge in [-0.3, -0.25) is 9.59 Å². The van der Waals surface area contributed by atoms with Gasteiger partial charge in [0, 0.05) is 37.3 Å². The van der Waals surface area contributed by atoms with Gasteiger partial charge in [-0.1, -0.05) is 6.07 Å². The van der Waals surface area contributed by atoms with Crippen LogP contribution in [0, 0.1) is 13.8 Å². The maximum atomic E-state index is 12.8. The minimum atomic E-state index is -0.00173. The van der Waals surface area contributed by atoms with Crippen molar-refractivity contribution < 1.29 is 14.3 Å². The number of amides is 2. The highest BCUT2D eigenvalue weighted by Crippen LogP contribution is 2.16. The Morgan fingerprint density at radius 3 is 1.89 bits per heavy atom. The normalized spacial score (nSPS) is 14.6. The van der Waals surface area contributed by atoms with E-state index < -0.39 is 0 Å². The van der Waals surface area contributed by atoms with Crippen molar-refractivity contribution in [3.8, 4) is 5.75 Å². The predicted molar refractivity (Wildman–Crippen MR) is 105 cm³/mol. The molecule has 0 aromatic heterocycles. The van der Waals surface area contributed by atoms with Crippen molar-refractivity contribution in [3.05, 3.63) is 64.7 Å². The first-order valence-electron chi connectivity index (χ1n) is 9.29. The summed E-state index contributed by atoms with van der Waals surface area (Å²) in [6.45, 7) is 6.47. The van der Waals surface area contributed by atoms with Crippen molar-refractivity contribution in [2.45, 2.75) is 20.3 Å². The lowest BCUT2D eigenvalue weighted by Gasteiger charge is -2.22. The standard InChI is InChI=1S/C22H26N2O3/c1-16-5-6-19(15-17(16)2)22(26)24-12-4-11-23(13-14-24)21(25)18-7-9-20(27-3)10-8-18/h5-10,15H,4,11-14H2,1-3H3. The lowest BCUT2D eigenvalue weighted by Crippen LogP contribution is -2.37. The molecule has 2 aromatic rings. The molecule has 1 heterocycles. The van der Waals surface area contributed by atoms with Gasteiger partial charge in [0.25, 0.3) is 11.8 Å². The van der Waals surface area contributed by atoms with Crippen molar-refractivity contribution in [3.63, 3.8) is 0 Å². The first-order chi connectivity index (χ1) is 13.0. The van der Waals surface area contributed by atoms with Gasteiger partial charge in [0.15, 0.2) is 0 Å². The van der Waals surface area contributed by atoms with Crippen LogP contribution in [0.1, 0.15) is 38.3 Å². The molecule has 2 amide bonds. The summed E-state index contributed by atoms with van der Waals surface area (Å²) in [5, 5.41) is 0. The molecule has 5 heteroatoms. The molecule has 3 rings (SSSR count). The van der Waals surface area contributed by atoms with Crippen LogP contribution in [0.4, 0.5) is 0 Å². The van der Waals surface area contributed by atoms with Gasteiger partial charge in [0.1, 0.15) is 5.75 Å². The third-order valence-corrected chi connectivity index (χ3v) is 5.16. The number of methoxy groups -OCH3 is 1. The lowest BCUT2D eigenvalue weighted by atomic mass is 10.1. The van der Waals surface area contributed by atoms with E-state index in [4.69, 9.17) is 4.74 Å². The smallest absolute Gasteiger partial charge is 0.253 e. The quantitative estimate of drug-likeness (QED) is 0.837. The summed E-state index contributed by atoms with van der Waals surface area (Å²) in [5.41, 5.74) is 3.66. The second kappa shape index (κ2) is 8.25. The molecule has 0 N–H and O–H groups in total. The van der Waals surface area contributed by atoms with E-state index in [0.29, 0.717) is 37.3 Å². The van der Waals surface area contributed by atoms with Gasteiger partial charge in [0.05, 0.1) is 7.11 Å². The molecule has 1 aliphatic rings. The van der Waals surface area contributed by atoms with Gasteiger partial charge in [-0.05, 0) is 67.8 Å². The average molecular weight is 366 g/mol. The highest BCUT2D eigenvalue weighted by molar-refractivity contribution is 5.95. The van der Waals surface area contributed by atoms with Gasteiger partial charge < -0.3 is 14.5 Å². The van der Waals surface area contributed by atoms with Crippen LogP contribution in [0.3, 0.4) is 0 Å². The molecule has 27 heavy (non-hydrogen) atoms. The molecule has 0 atom stereocenters. The molecule has 5 nitrogen and oxygen atoms in total. The molecule has 2 aromatic carbocycles. The van der Waals surface area contributed by atoms with E-state index in [2.05, 4.69) is 0 Å². The zero-order valence-electron chi connectivity index (χ0n) is 16.2. The van der Waals surface area contributed by atoms with Gasteiger partial charge in [-0.15, -0.1) is 0 Å². The van der Waals surface area contributed by atoms with E-state index in [0.717, 1.165) is 17.7 Å². The summed E-state index contributed by atoms with van der Waals surface area (Å²) >= 11 is 0. The van der Waals surface area contributed by atoms with Crippen LogP contribution in [0.5, 0.6) is 5.75 Å². The molecule has 0 spiro atoms. The van der Waals surface area contributed by atoms with E-state index in [1.54, 1.807) is 31.4 Å². The zero-order chi connectivity index (χ0) is 19.4. The maximum absolute atomic E-state index is 12.8.